The molecule has 2 saturated heterocycles. The van der Waals surface area contributed by atoms with Gasteiger partial charge in [-0.25, -0.2) is 0 Å². The maximum atomic E-state index is 12.7. The van der Waals surface area contributed by atoms with Crippen molar-refractivity contribution in [3.8, 4) is 0 Å². The van der Waals surface area contributed by atoms with Crippen molar-refractivity contribution in [3.63, 3.8) is 0 Å². The number of rotatable bonds is 3. The van der Waals surface area contributed by atoms with Crippen LogP contribution >= 0.6 is 0 Å². The number of carbonyl (C=O) groups is 2. The summed E-state index contributed by atoms with van der Waals surface area (Å²) in [5, 5.41) is 3.29. The summed E-state index contributed by atoms with van der Waals surface area (Å²) in [6.07, 6.45) is 7.12. The molecule has 130 valence electrons. The Hall–Kier alpha value is -1.10. The van der Waals surface area contributed by atoms with Crippen molar-refractivity contribution in [1.29, 1.82) is 0 Å². The van der Waals surface area contributed by atoms with Crippen molar-refractivity contribution in [2.24, 2.45) is 11.8 Å². The number of likely N-dealkylation sites (tertiary alicyclic amines) is 2. The van der Waals surface area contributed by atoms with Crippen LogP contribution in [0.5, 0.6) is 0 Å². The predicted octanol–water partition coefficient (Wildman–Crippen LogP) is 1.62. The molecule has 2 heterocycles. The summed E-state index contributed by atoms with van der Waals surface area (Å²) in [5.41, 5.74) is 0. The molecule has 2 amide bonds. The van der Waals surface area contributed by atoms with Crippen LogP contribution in [-0.2, 0) is 9.59 Å². The number of nitrogens with zero attached hydrogens (tertiary/aromatic N) is 2. The smallest absolute Gasteiger partial charge is 0.227 e. The van der Waals surface area contributed by atoms with Gasteiger partial charge in [0.05, 0.1) is 5.92 Å². The third-order valence-corrected chi connectivity index (χ3v) is 6.15. The predicted molar refractivity (Wildman–Crippen MR) is 89.9 cm³/mol. The van der Waals surface area contributed by atoms with E-state index in [9.17, 15) is 9.59 Å². The molecule has 1 unspecified atom stereocenters. The second-order valence-corrected chi connectivity index (χ2v) is 7.75. The van der Waals surface area contributed by atoms with Gasteiger partial charge in [-0.2, -0.15) is 0 Å². The molecule has 0 bridgehead atoms. The molecule has 0 aromatic carbocycles. The largest absolute Gasteiger partial charge is 0.342 e. The number of carbonyl (C=O) groups excluding carboxylic acids is 2. The first kappa shape index (κ1) is 16.7. The molecule has 3 fully saturated rings. The average Bonchev–Trinajstić information content (AvgIpc) is 2.97. The van der Waals surface area contributed by atoms with Gasteiger partial charge in [-0.05, 0) is 51.5 Å². The summed E-state index contributed by atoms with van der Waals surface area (Å²) in [7, 11) is 1.99. The zero-order valence-electron chi connectivity index (χ0n) is 14.6. The Labute approximate surface area is 139 Å². The Morgan fingerprint density at radius 2 is 1.74 bits per heavy atom. The maximum absolute atomic E-state index is 12.7. The van der Waals surface area contributed by atoms with E-state index in [2.05, 4.69) is 12.2 Å². The first-order valence-electron chi connectivity index (χ1n) is 9.34. The van der Waals surface area contributed by atoms with Gasteiger partial charge in [-0.3, -0.25) is 9.59 Å². The van der Waals surface area contributed by atoms with Crippen LogP contribution in [0.1, 0.15) is 51.9 Å². The number of nitrogens with one attached hydrogen (secondary N) is 1. The van der Waals surface area contributed by atoms with Crippen molar-refractivity contribution in [2.45, 2.75) is 64.0 Å². The molecular weight excluding hydrogens is 290 g/mol. The van der Waals surface area contributed by atoms with Gasteiger partial charge in [0.1, 0.15) is 0 Å². The Balaban J connectivity index is 1.54. The fourth-order valence-corrected chi connectivity index (χ4v) is 4.45. The van der Waals surface area contributed by atoms with Crippen molar-refractivity contribution in [3.05, 3.63) is 0 Å². The monoisotopic (exact) mass is 321 g/mol. The molecule has 2 aliphatic heterocycles. The Bertz CT molecular complexity index is 438. The molecule has 5 nitrogen and oxygen atoms in total. The number of piperidine rings is 1. The lowest BCUT2D eigenvalue weighted by molar-refractivity contribution is -0.136. The molecule has 1 aliphatic carbocycles. The fourth-order valence-electron chi connectivity index (χ4n) is 4.45. The molecule has 23 heavy (non-hydrogen) atoms. The lowest BCUT2D eigenvalue weighted by atomic mass is 9.86. The molecular formula is C18H31N3O2. The Kier molecular flexibility index (Phi) is 5.24. The Morgan fingerprint density at radius 1 is 1.09 bits per heavy atom. The van der Waals surface area contributed by atoms with E-state index in [-0.39, 0.29) is 17.7 Å². The summed E-state index contributed by atoms with van der Waals surface area (Å²) >= 11 is 0. The molecule has 0 aromatic rings. The van der Waals surface area contributed by atoms with E-state index in [0.717, 1.165) is 44.7 Å². The first-order valence-corrected chi connectivity index (χ1v) is 9.34. The van der Waals surface area contributed by atoms with Crippen LogP contribution in [0.25, 0.3) is 0 Å². The second-order valence-electron chi connectivity index (χ2n) is 7.75. The molecule has 1 N–H and O–H groups in total. The maximum Gasteiger partial charge on any atom is 0.227 e. The lowest BCUT2D eigenvalue weighted by Crippen LogP contribution is -2.46. The summed E-state index contributed by atoms with van der Waals surface area (Å²) in [6.45, 7) is 4.61. The van der Waals surface area contributed by atoms with Crippen LogP contribution in [-0.4, -0.2) is 60.4 Å². The highest BCUT2D eigenvalue weighted by molar-refractivity contribution is 5.89. The van der Waals surface area contributed by atoms with Gasteiger partial charge in [0, 0.05) is 38.1 Å². The highest BCUT2D eigenvalue weighted by Crippen LogP contribution is 2.32. The average molecular weight is 321 g/mol. The zero-order valence-corrected chi connectivity index (χ0v) is 14.6. The number of hydrogen-bond acceptors (Lipinski definition) is 3. The van der Waals surface area contributed by atoms with Crippen LogP contribution in [0.3, 0.4) is 0 Å². The highest BCUT2D eigenvalue weighted by Gasteiger charge is 2.40. The minimum absolute atomic E-state index is 0.104. The van der Waals surface area contributed by atoms with Crippen LogP contribution in [0.4, 0.5) is 0 Å². The normalized spacial score (nSPS) is 33.3. The van der Waals surface area contributed by atoms with E-state index in [0.29, 0.717) is 25.0 Å². The molecule has 0 aromatic heterocycles. The molecule has 1 atom stereocenters. The number of hydrogen-bond donors (Lipinski definition) is 1. The first-order chi connectivity index (χ1) is 11.1. The van der Waals surface area contributed by atoms with E-state index in [1.807, 2.05) is 16.8 Å². The van der Waals surface area contributed by atoms with Crippen molar-refractivity contribution in [2.75, 3.05) is 26.7 Å². The minimum Gasteiger partial charge on any atom is -0.342 e. The van der Waals surface area contributed by atoms with Crippen LogP contribution in [0, 0.1) is 11.8 Å². The van der Waals surface area contributed by atoms with E-state index in [4.69, 9.17) is 0 Å². The molecule has 0 spiro atoms. The SMILES string of the molecule is CNC1CCN(C(=O)C2CC(=O)N(C3CCC(C)CC3)C2)CC1. The van der Waals surface area contributed by atoms with E-state index < -0.39 is 0 Å². The van der Waals surface area contributed by atoms with Gasteiger partial charge < -0.3 is 15.1 Å². The van der Waals surface area contributed by atoms with Gasteiger partial charge in [-0.15, -0.1) is 0 Å². The summed E-state index contributed by atoms with van der Waals surface area (Å²) in [6, 6.07) is 0.913. The van der Waals surface area contributed by atoms with Crippen LogP contribution in [0.15, 0.2) is 0 Å². The van der Waals surface area contributed by atoms with Gasteiger partial charge in [0.15, 0.2) is 0 Å². The zero-order chi connectivity index (χ0) is 16.4. The van der Waals surface area contributed by atoms with Gasteiger partial charge in [-0.1, -0.05) is 6.92 Å². The van der Waals surface area contributed by atoms with Crippen molar-refractivity contribution >= 4 is 11.8 Å². The van der Waals surface area contributed by atoms with Crippen molar-refractivity contribution < 1.29 is 9.59 Å². The molecule has 5 heteroatoms. The quantitative estimate of drug-likeness (QED) is 0.859. The van der Waals surface area contributed by atoms with Gasteiger partial charge in [0.25, 0.3) is 0 Å². The molecule has 3 aliphatic rings. The molecule has 3 rings (SSSR count). The second kappa shape index (κ2) is 7.20. The van der Waals surface area contributed by atoms with Crippen molar-refractivity contribution in [1.82, 2.24) is 15.1 Å². The highest BCUT2D eigenvalue weighted by atomic mass is 16.2. The lowest BCUT2D eigenvalue weighted by Gasteiger charge is -2.35. The standard InChI is InChI=1S/C18H31N3O2/c1-13-3-5-16(6-4-13)21-12-14(11-17(21)22)18(23)20-9-7-15(19-2)8-10-20/h13-16,19H,3-12H2,1-2H3. The Morgan fingerprint density at radius 3 is 2.35 bits per heavy atom. The molecule has 0 radical (unpaired) electrons. The van der Waals surface area contributed by atoms with Gasteiger partial charge in [0.2, 0.25) is 11.8 Å². The summed E-state index contributed by atoms with van der Waals surface area (Å²) in [4.78, 5) is 29.2. The summed E-state index contributed by atoms with van der Waals surface area (Å²) < 4.78 is 0. The van der Waals surface area contributed by atoms with Crippen LogP contribution < -0.4 is 5.32 Å². The number of amides is 2. The minimum atomic E-state index is -0.104. The summed E-state index contributed by atoms with van der Waals surface area (Å²) in [5.74, 6) is 1.09. The van der Waals surface area contributed by atoms with E-state index >= 15 is 0 Å². The topological polar surface area (TPSA) is 52.7 Å². The van der Waals surface area contributed by atoms with Crippen LogP contribution in [0.2, 0.25) is 0 Å². The van der Waals surface area contributed by atoms with Gasteiger partial charge >= 0.3 is 0 Å². The van der Waals surface area contributed by atoms with E-state index in [1.54, 1.807) is 0 Å². The fraction of sp³-hybridized carbons (Fsp3) is 0.889. The van der Waals surface area contributed by atoms with E-state index in [1.165, 1.54) is 12.8 Å². The molecule has 1 saturated carbocycles. The third kappa shape index (κ3) is 3.70. The third-order valence-electron chi connectivity index (χ3n) is 6.15.